The molecule has 2 aromatic heterocycles. The number of aromatic amines is 1. The van der Waals surface area contributed by atoms with Crippen LogP contribution in [0.2, 0.25) is 0 Å². The van der Waals surface area contributed by atoms with Gasteiger partial charge in [-0.05, 0) is 60.5 Å². The summed E-state index contributed by atoms with van der Waals surface area (Å²) in [7, 11) is 1.32. The van der Waals surface area contributed by atoms with Crippen molar-refractivity contribution in [1.82, 2.24) is 9.97 Å². The summed E-state index contributed by atoms with van der Waals surface area (Å²) in [5, 5.41) is 16.3. The number of anilines is 3. The lowest BCUT2D eigenvalue weighted by Crippen LogP contribution is -2.11. The Kier molecular flexibility index (Phi) is 5.06. The Morgan fingerprint density at radius 3 is 2.70 bits per heavy atom. The van der Waals surface area contributed by atoms with Crippen molar-refractivity contribution in [3.8, 4) is 17.2 Å². The number of fused-ring (bicyclic) bond motifs is 1. The summed E-state index contributed by atoms with van der Waals surface area (Å²) in [6, 6.07) is 19.3. The molecule has 4 rings (SSSR count). The minimum Gasteiger partial charge on any atom is -0.453 e. The Balaban J connectivity index is 1.80. The number of hydrogen-bond acceptors (Lipinski definition) is 5. The second-order valence-electron chi connectivity index (χ2n) is 6.78. The summed E-state index contributed by atoms with van der Waals surface area (Å²) in [5.74, 6) is 0. The van der Waals surface area contributed by atoms with Crippen LogP contribution in [0.1, 0.15) is 11.4 Å². The van der Waals surface area contributed by atoms with Crippen molar-refractivity contribution in [3.05, 3.63) is 72.2 Å². The van der Waals surface area contributed by atoms with E-state index >= 15 is 0 Å². The predicted molar refractivity (Wildman–Crippen MR) is 117 cm³/mol. The lowest BCUT2D eigenvalue weighted by Gasteiger charge is -2.14. The van der Waals surface area contributed by atoms with Crippen molar-refractivity contribution in [2.45, 2.75) is 6.92 Å². The van der Waals surface area contributed by atoms with E-state index in [-0.39, 0.29) is 0 Å². The smallest absolute Gasteiger partial charge is 0.411 e. The molecule has 0 aliphatic heterocycles. The third kappa shape index (κ3) is 3.93. The first-order valence-corrected chi connectivity index (χ1v) is 9.28. The van der Waals surface area contributed by atoms with Gasteiger partial charge in [-0.1, -0.05) is 12.1 Å². The van der Waals surface area contributed by atoms with E-state index in [1.807, 2.05) is 55.6 Å². The highest BCUT2D eigenvalue weighted by molar-refractivity contribution is 5.97. The van der Waals surface area contributed by atoms with E-state index in [2.05, 4.69) is 26.7 Å². The minimum atomic E-state index is -0.551. The number of nitrogens with zero attached hydrogens (tertiary/aromatic N) is 2. The van der Waals surface area contributed by atoms with Crippen molar-refractivity contribution in [2.75, 3.05) is 17.7 Å². The number of benzene rings is 2. The number of carbonyl (C=O) groups is 1. The van der Waals surface area contributed by atoms with Gasteiger partial charge in [0.25, 0.3) is 0 Å². The molecule has 0 atom stereocenters. The number of hydrogen-bond donors (Lipinski definition) is 3. The molecule has 0 unspecified atom stereocenters. The molecule has 0 saturated heterocycles. The van der Waals surface area contributed by atoms with Gasteiger partial charge in [-0.15, -0.1) is 0 Å². The number of ether oxygens (including phenoxy) is 1. The van der Waals surface area contributed by atoms with Gasteiger partial charge in [-0.3, -0.25) is 5.32 Å². The summed E-state index contributed by atoms with van der Waals surface area (Å²) in [6.07, 6.45) is 1.34. The Hall–Kier alpha value is -4.31. The van der Waals surface area contributed by atoms with Crippen molar-refractivity contribution >= 4 is 34.1 Å². The number of aryl methyl sites for hydroxylation is 1. The largest absolute Gasteiger partial charge is 0.453 e. The Bertz CT molecular complexity index is 1290. The Labute approximate surface area is 173 Å². The second-order valence-corrected chi connectivity index (χ2v) is 6.78. The van der Waals surface area contributed by atoms with Crippen LogP contribution in [-0.4, -0.2) is 23.2 Å². The normalized spacial score (nSPS) is 10.4. The third-order valence-corrected chi connectivity index (χ3v) is 4.63. The molecule has 1 amide bonds. The average Bonchev–Trinajstić information content (AvgIpc) is 3.22. The molecule has 4 aromatic rings. The molecular formula is C23H19N5O2. The van der Waals surface area contributed by atoms with Crippen molar-refractivity contribution in [3.63, 3.8) is 0 Å². The summed E-state index contributed by atoms with van der Waals surface area (Å²) in [6.45, 7) is 1.83. The first-order valence-electron chi connectivity index (χ1n) is 9.28. The Morgan fingerprint density at radius 2 is 1.90 bits per heavy atom. The fourth-order valence-corrected chi connectivity index (χ4v) is 3.40. The van der Waals surface area contributed by atoms with Gasteiger partial charge < -0.3 is 15.0 Å². The van der Waals surface area contributed by atoms with E-state index in [9.17, 15) is 10.1 Å². The summed E-state index contributed by atoms with van der Waals surface area (Å²) < 4.78 is 4.74. The maximum atomic E-state index is 11.8. The van der Waals surface area contributed by atoms with Crippen LogP contribution in [0.15, 0.2) is 60.8 Å². The van der Waals surface area contributed by atoms with Crippen LogP contribution < -0.4 is 10.6 Å². The monoisotopic (exact) mass is 397 g/mol. The molecule has 0 bridgehead atoms. The van der Waals surface area contributed by atoms with Gasteiger partial charge in [0.2, 0.25) is 0 Å². The molecule has 0 spiro atoms. The van der Waals surface area contributed by atoms with E-state index in [0.717, 1.165) is 39.1 Å². The number of rotatable bonds is 4. The van der Waals surface area contributed by atoms with E-state index in [0.29, 0.717) is 11.4 Å². The zero-order chi connectivity index (χ0) is 21.1. The fourth-order valence-electron chi connectivity index (χ4n) is 3.40. The highest BCUT2D eigenvalue weighted by Gasteiger charge is 2.10. The first kappa shape index (κ1) is 19.0. The molecule has 2 aromatic carbocycles. The lowest BCUT2D eigenvalue weighted by atomic mass is 10.0. The second kappa shape index (κ2) is 7.97. The molecule has 2 heterocycles. The Morgan fingerprint density at radius 1 is 1.10 bits per heavy atom. The highest BCUT2D eigenvalue weighted by atomic mass is 16.5. The highest BCUT2D eigenvalue weighted by Crippen LogP contribution is 2.33. The van der Waals surface area contributed by atoms with Crippen LogP contribution in [0.4, 0.5) is 21.9 Å². The summed E-state index contributed by atoms with van der Waals surface area (Å²) >= 11 is 0. The molecule has 30 heavy (non-hydrogen) atoms. The van der Waals surface area contributed by atoms with Crippen LogP contribution in [0.25, 0.3) is 22.0 Å². The third-order valence-electron chi connectivity index (χ3n) is 4.63. The number of aromatic nitrogens is 2. The lowest BCUT2D eigenvalue weighted by molar-refractivity contribution is 0.187. The molecule has 148 valence electrons. The zero-order valence-electron chi connectivity index (χ0n) is 16.5. The van der Waals surface area contributed by atoms with Gasteiger partial charge in [-0.2, -0.15) is 5.26 Å². The number of nitrogens with one attached hydrogen (secondary N) is 3. The number of H-pyrrole nitrogens is 1. The average molecular weight is 397 g/mol. The summed E-state index contributed by atoms with van der Waals surface area (Å²) in [4.78, 5) is 19.2. The maximum Gasteiger partial charge on any atom is 0.411 e. The molecular weight excluding hydrogens is 378 g/mol. The molecule has 3 N–H and O–H groups in total. The van der Waals surface area contributed by atoms with Crippen molar-refractivity contribution in [1.29, 1.82) is 5.26 Å². The van der Waals surface area contributed by atoms with Crippen LogP contribution in [0.5, 0.6) is 0 Å². The standard InChI is InChI=1S/C23H19N5O2/c1-14-8-16(12-19(13-24)26-14)27-17-9-15(10-18(11-17)28-23(29)30-2)20-4-3-5-22-21(20)6-7-25-22/h3-12,25H,1-2H3,(H,26,27)(H,28,29). The number of methoxy groups -OCH3 is 1. The van der Waals surface area contributed by atoms with E-state index < -0.39 is 6.09 Å². The van der Waals surface area contributed by atoms with Crippen molar-refractivity contribution < 1.29 is 9.53 Å². The van der Waals surface area contributed by atoms with Gasteiger partial charge in [0, 0.05) is 39.9 Å². The van der Waals surface area contributed by atoms with Crippen LogP contribution in [-0.2, 0) is 4.74 Å². The molecule has 0 radical (unpaired) electrons. The van der Waals surface area contributed by atoms with E-state index in [4.69, 9.17) is 4.74 Å². The van der Waals surface area contributed by atoms with Crippen LogP contribution >= 0.6 is 0 Å². The van der Waals surface area contributed by atoms with Gasteiger partial charge in [-0.25, -0.2) is 9.78 Å². The van der Waals surface area contributed by atoms with Crippen molar-refractivity contribution in [2.24, 2.45) is 0 Å². The molecule has 7 heteroatoms. The number of carbonyl (C=O) groups excluding carboxylic acids is 1. The van der Waals surface area contributed by atoms with Gasteiger partial charge in [0.15, 0.2) is 0 Å². The quantitative estimate of drug-likeness (QED) is 0.432. The van der Waals surface area contributed by atoms with Gasteiger partial charge in [0.1, 0.15) is 11.8 Å². The molecule has 7 nitrogen and oxygen atoms in total. The number of pyridine rings is 1. The minimum absolute atomic E-state index is 0.332. The topological polar surface area (TPSA) is 103 Å². The predicted octanol–water partition coefficient (Wildman–Crippen LogP) is 5.33. The van der Waals surface area contributed by atoms with E-state index in [1.54, 1.807) is 12.1 Å². The first-order chi connectivity index (χ1) is 14.6. The number of nitriles is 1. The van der Waals surface area contributed by atoms with Crippen LogP contribution in [0.3, 0.4) is 0 Å². The number of amides is 1. The summed E-state index contributed by atoms with van der Waals surface area (Å²) in [5.41, 5.74) is 6.10. The van der Waals surface area contributed by atoms with Gasteiger partial charge >= 0.3 is 6.09 Å². The molecule has 0 aliphatic rings. The van der Waals surface area contributed by atoms with Crippen LogP contribution in [0, 0.1) is 18.3 Å². The SMILES string of the molecule is COC(=O)Nc1cc(Nc2cc(C)nc(C#N)c2)cc(-c2cccc3[nH]ccc23)c1. The fraction of sp³-hybridized carbons (Fsp3) is 0.0870. The molecule has 0 fully saturated rings. The maximum absolute atomic E-state index is 11.8. The molecule has 0 aliphatic carbocycles. The van der Waals surface area contributed by atoms with Gasteiger partial charge in [0.05, 0.1) is 7.11 Å². The van der Waals surface area contributed by atoms with E-state index in [1.165, 1.54) is 7.11 Å². The molecule has 0 saturated carbocycles. The zero-order valence-corrected chi connectivity index (χ0v) is 16.5.